The van der Waals surface area contributed by atoms with Crippen molar-refractivity contribution in [2.75, 3.05) is 24.3 Å². The quantitative estimate of drug-likeness (QED) is 0.923. The molecule has 1 N–H and O–H groups in total. The van der Waals surface area contributed by atoms with Crippen molar-refractivity contribution in [3.63, 3.8) is 0 Å². The Hall–Kier alpha value is -2.29. The number of nitrogens with zero attached hydrogens (tertiary/aromatic N) is 1. The van der Waals surface area contributed by atoms with Gasteiger partial charge in [-0.3, -0.25) is 4.79 Å². The summed E-state index contributed by atoms with van der Waals surface area (Å²) in [5.74, 6) is -0.00713. The standard InChI is InChI=1S/C18H22N2O/c1-5-14-7-9-15(10-8-14)20(4)18(21)16-12-13(2)6-11-17(16)19-3/h6-12,19H,5H2,1-4H3. The lowest BCUT2D eigenvalue weighted by Crippen LogP contribution is -2.27. The first kappa shape index (κ1) is 15.1. The molecule has 0 aromatic heterocycles. The summed E-state index contributed by atoms with van der Waals surface area (Å²) < 4.78 is 0. The van der Waals surface area contributed by atoms with E-state index in [1.165, 1.54) is 5.56 Å². The Bertz CT molecular complexity index is 632. The topological polar surface area (TPSA) is 32.3 Å². The zero-order chi connectivity index (χ0) is 15.4. The summed E-state index contributed by atoms with van der Waals surface area (Å²) in [5, 5.41) is 3.08. The molecule has 1 amide bonds. The molecule has 21 heavy (non-hydrogen) atoms. The first-order valence-electron chi connectivity index (χ1n) is 7.22. The van der Waals surface area contributed by atoms with Crippen LogP contribution in [0.2, 0.25) is 0 Å². The van der Waals surface area contributed by atoms with Gasteiger partial charge in [0.1, 0.15) is 0 Å². The molecule has 0 spiro atoms. The van der Waals surface area contributed by atoms with Crippen LogP contribution in [0.3, 0.4) is 0 Å². The number of carbonyl (C=O) groups is 1. The molecule has 2 aromatic carbocycles. The van der Waals surface area contributed by atoms with Gasteiger partial charge in [0, 0.05) is 25.5 Å². The fourth-order valence-electron chi connectivity index (χ4n) is 2.31. The second-order valence-corrected chi connectivity index (χ2v) is 5.18. The predicted molar refractivity (Wildman–Crippen MR) is 89.3 cm³/mol. The highest BCUT2D eigenvalue weighted by Crippen LogP contribution is 2.22. The highest BCUT2D eigenvalue weighted by Gasteiger charge is 2.17. The molecule has 3 nitrogen and oxygen atoms in total. The normalized spacial score (nSPS) is 10.3. The van der Waals surface area contributed by atoms with Crippen molar-refractivity contribution in [3.05, 3.63) is 59.2 Å². The molecule has 2 rings (SSSR count). The third-order valence-corrected chi connectivity index (χ3v) is 3.71. The number of rotatable bonds is 4. The zero-order valence-electron chi connectivity index (χ0n) is 13.1. The van der Waals surface area contributed by atoms with Gasteiger partial charge in [-0.05, 0) is 43.2 Å². The van der Waals surface area contributed by atoms with E-state index in [1.54, 1.807) is 4.90 Å². The number of benzene rings is 2. The molecule has 3 heteroatoms. The molecule has 0 heterocycles. The van der Waals surface area contributed by atoms with Crippen LogP contribution in [0.25, 0.3) is 0 Å². The first-order valence-corrected chi connectivity index (χ1v) is 7.22. The minimum absolute atomic E-state index is 0.00713. The van der Waals surface area contributed by atoms with Crippen LogP contribution in [-0.4, -0.2) is 20.0 Å². The van der Waals surface area contributed by atoms with Crippen LogP contribution in [0, 0.1) is 6.92 Å². The molecular formula is C18H22N2O. The summed E-state index contributed by atoms with van der Waals surface area (Å²) >= 11 is 0. The number of nitrogens with one attached hydrogen (secondary N) is 1. The van der Waals surface area contributed by atoms with Gasteiger partial charge in [-0.15, -0.1) is 0 Å². The highest BCUT2D eigenvalue weighted by atomic mass is 16.2. The molecule has 0 aliphatic carbocycles. The van der Waals surface area contributed by atoms with E-state index in [0.29, 0.717) is 5.56 Å². The second kappa shape index (κ2) is 6.44. The Morgan fingerprint density at radius 3 is 2.38 bits per heavy atom. The molecule has 0 saturated carbocycles. The van der Waals surface area contributed by atoms with Crippen LogP contribution < -0.4 is 10.2 Å². The Kier molecular flexibility index (Phi) is 4.63. The maximum absolute atomic E-state index is 12.7. The van der Waals surface area contributed by atoms with Crippen LogP contribution in [0.5, 0.6) is 0 Å². The molecule has 0 aliphatic rings. The van der Waals surface area contributed by atoms with E-state index in [9.17, 15) is 4.79 Å². The van der Waals surface area contributed by atoms with E-state index < -0.39 is 0 Å². The lowest BCUT2D eigenvalue weighted by Gasteiger charge is -2.20. The van der Waals surface area contributed by atoms with Gasteiger partial charge in [-0.25, -0.2) is 0 Å². The van der Waals surface area contributed by atoms with E-state index in [-0.39, 0.29) is 5.91 Å². The Morgan fingerprint density at radius 2 is 1.81 bits per heavy atom. The number of anilines is 2. The van der Waals surface area contributed by atoms with Crippen molar-refractivity contribution in [3.8, 4) is 0 Å². The van der Waals surface area contributed by atoms with Gasteiger partial charge in [0.2, 0.25) is 0 Å². The van der Waals surface area contributed by atoms with Gasteiger partial charge >= 0.3 is 0 Å². The first-order chi connectivity index (χ1) is 10.1. The van der Waals surface area contributed by atoms with E-state index in [4.69, 9.17) is 0 Å². The molecule has 0 radical (unpaired) electrons. The molecule has 110 valence electrons. The molecule has 0 saturated heterocycles. The average molecular weight is 282 g/mol. The smallest absolute Gasteiger partial charge is 0.260 e. The predicted octanol–water partition coefficient (Wildman–Crippen LogP) is 3.88. The lowest BCUT2D eigenvalue weighted by molar-refractivity contribution is 0.0993. The van der Waals surface area contributed by atoms with Crippen molar-refractivity contribution in [2.24, 2.45) is 0 Å². The lowest BCUT2D eigenvalue weighted by atomic mass is 10.1. The van der Waals surface area contributed by atoms with Crippen LogP contribution in [0.1, 0.15) is 28.4 Å². The number of hydrogen-bond donors (Lipinski definition) is 1. The second-order valence-electron chi connectivity index (χ2n) is 5.18. The minimum atomic E-state index is -0.00713. The molecule has 0 fully saturated rings. The summed E-state index contributed by atoms with van der Waals surface area (Å²) in [6, 6.07) is 14.0. The average Bonchev–Trinajstić information content (AvgIpc) is 2.53. The van der Waals surface area contributed by atoms with Gasteiger partial charge in [-0.2, -0.15) is 0 Å². The SMILES string of the molecule is CCc1ccc(N(C)C(=O)c2cc(C)ccc2NC)cc1. The van der Waals surface area contributed by atoms with Crippen molar-refractivity contribution >= 4 is 17.3 Å². The van der Waals surface area contributed by atoms with Crippen molar-refractivity contribution in [2.45, 2.75) is 20.3 Å². The molecule has 0 aliphatic heterocycles. The van der Waals surface area contributed by atoms with Gasteiger partial charge in [0.15, 0.2) is 0 Å². The molecule has 2 aromatic rings. The van der Waals surface area contributed by atoms with Crippen molar-refractivity contribution < 1.29 is 4.79 Å². The Morgan fingerprint density at radius 1 is 1.14 bits per heavy atom. The van der Waals surface area contributed by atoms with E-state index in [2.05, 4.69) is 24.4 Å². The fourth-order valence-corrected chi connectivity index (χ4v) is 2.31. The number of amides is 1. The molecule has 0 bridgehead atoms. The van der Waals surface area contributed by atoms with Crippen LogP contribution in [0.15, 0.2) is 42.5 Å². The number of hydrogen-bond acceptors (Lipinski definition) is 2. The van der Waals surface area contributed by atoms with Gasteiger partial charge < -0.3 is 10.2 Å². The highest BCUT2D eigenvalue weighted by molar-refractivity contribution is 6.09. The summed E-state index contributed by atoms with van der Waals surface area (Å²) in [7, 11) is 3.64. The van der Waals surface area contributed by atoms with Gasteiger partial charge in [-0.1, -0.05) is 30.7 Å². The van der Waals surface area contributed by atoms with E-state index in [0.717, 1.165) is 23.4 Å². The number of aryl methyl sites for hydroxylation is 2. The van der Waals surface area contributed by atoms with Crippen molar-refractivity contribution in [1.82, 2.24) is 0 Å². The van der Waals surface area contributed by atoms with E-state index >= 15 is 0 Å². The van der Waals surface area contributed by atoms with Gasteiger partial charge in [0.05, 0.1) is 5.56 Å². The van der Waals surface area contributed by atoms with Gasteiger partial charge in [0.25, 0.3) is 5.91 Å². The maximum Gasteiger partial charge on any atom is 0.260 e. The maximum atomic E-state index is 12.7. The summed E-state index contributed by atoms with van der Waals surface area (Å²) in [4.78, 5) is 14.4. The third kappa shape index (κ3) is 3.24. The third-order valence-electron chi connectivity index (χ3n) is 3.71. The monoisotopic (exact) mass is 282 g/mol. The summed E-state index contributed by atoms with van der Waals surface area (Å²) in [6.45, 7) is 4.11. The van der Waals surface area contributed by atoms with Crippen LogP contribution in [-0.2, 0) is 6.42 Å². The van der Waals surface area contributed by atoms with E-state index in [1.807, 2.05) is 51.4 Å². The molecule has 0 unspecified atom stereocenters. The Labute approximate surface area is 126 Å². The summed E-state index contributed by atoms with van der Waals surface area (Å²) in [6.07, 6.45) is 1.000. The van der Waals surface area contributed by atoms with Crippen LogP contribution >= 0.6 is 0 Å². The number of carbonyl (C=O) groups excluding carboxylic acids is 1. The largest absolute Gasteiger partial charge is 0.387 e. The minimum Gasteiger partial charge on any atom is -0.387 e. The fraction of sp³-hybridized carbons (Fsp3) is 0.278. The molecule has 0 atom stereocenters. The molecular weight excluding hydrogens is 260 g/mol. The summed E-state index contributed by atoms with van der Waals surface area (Å²) in [5.41, 5.74) is 4.79. The van der Waals surface area contributed by atoms with Crippen molar-refractivity contribution in [1.29, 1.82) is 0 Å². The zero-order valence-corrected chi connectivity index (χ0v) is 13.1. The Balaban J connectivity index is 2.32. The van der Waals surface area contributed by atoms with Crippen LogP contribution in [0.4, 0.5) is 11.4 Å².